The van der Waals surface area contributed by atoms with Gasteiger partial charge in [0.1, 0.15) is 23.1 Å². The quantitative estimate of drug-likeness (QED) is 0.717. The molecule has 1 aromatic carbocycles. The van der Waals surface area contributed by atoms with Gasteiger partial charge in [-0.3, -0.25) is 0 Å². The van der Waals surface area contributed by atoms with Crippen LogP contribution in [0.2, 0.25) is 0 Å². The summed E-state index contributed by atoms with van der Waals surface area (Å²) in [7, 11) is 0. The summed E-state index contributed by atoms with van der Waals surface area (Å²) in [6, 6.07) is 6.74. The third kappa shape index (κ3) is 2.67. The second-order valence-electron chi connectivity index (χ2n) is 9.53. The lowest BCUT2D eigenvalue weighted by atomic mass is 9.65. The monoisotopic (exact) mass is 364 g/mol. The van der Waals surface area contributed by atoms with Gasteiger partial charge < -0.3 is 14.6 Å². The van der Waals surface area contributed by atoms with E-state index >= 15 is 0 Å². The predicted molar refractivity (Wildman–Crippen MR) is 109 cm³/mol. The molecule has 2 atom stereocenters. The Labute approximate surface area is 160 Å². The lowest BCUT2D eigenvalue weighted by Crippen LogP contribution is -2.35. The molecule has 1 N–H and O–H groups in total. The van der Waals surface area contributed by atoms with E-state index in [1.165, 1.54) is 19.3 Å². The van der Waals surface area contributed by atoms with Crippen LogP contribution in [0.3, 0.4) is 0 Å². The van der Waals surface area contributed by atoms with E-state index in [0.717, 1.165) is 40.0 Å². The van der Waals surface area contributed by atoms with Crippen LogP contribution >= 0.6 is 0 Å². The van der Waals surface area contributed by atoms with Crippen LogP contribution in [0.15, 0.2) is 24.5 Å². The standard InChI is InChI=1S/C22H28N4O/c1-5-27-15-6-7-17-16(8-15)18-19(25-17)20(24-13-23-18)26-12-22(4)10-14(26)9-21(2,3)11-22/h6-8,13-14,25H,5,9-12H2,1-4H3. The highest BCUT2D eigenvalue weighted by Gasteiger charge is 2.50. The molecule has 2 aromatic heterocycles. The molecule has 0 spiro atoms. The second kappa shape index (κ2) is 5.60. The first kappa shape index (κ1) is 16.8. The third-order valence-corrected chi connectivity index (χ3v) is 6.33. The summed E-state index contributed by atoms with van der Waals surface area (Å²) >= 11 is 0. The van der Waals surface area contributed by atoms with Crippen LogP contribution in [0, 0.1) is 10.8 Å². The summed E-state index contributed by atoms with van der Waals surface area (Å²) < 4.78 is 5.69. The molecule has 5 nitrogen and oxygen atoms in total. The van der Waals surface area contributed by atoms with E-state index in [1.54, 1.807) is 6.33 Å². The van der Waals surface area contributed by atoms with Crippen LogP contribution in [0.25, 0.3) is 21.9 Å². The Morgan fingerprint density at radius 2 is 2.07 bits per heavy atom. The van der Waals surface area contributed by atoms with E-state index in [4.69, 9.17) is 9.72 Å². The largest absolute Gasteiger partial charge is 0.494 e. The van der Waals surface area contributed by atoms with Crippen molar-refractivity contribution in [3.8, 4) is 5.75 Å². The Kier molecular flexibility index (Phi) is 3.49. The fraction of sp³-hybridized carbons (Fsp3) is 0.545. The van der Waals surface area contributed by atoms with Crippen LogP contribution in [-0.4, -0.2) is 34.1 Å². The van der Waals surface area contributed by atoms with Gasteiger partial charge in [0.2, 0.25) is 0 Å². The fourth-order valence-corrected chi connectivity index (χ4v) is 5.84. The number of hydrogen-bond donors (Lipinski definition) is 1. The molecule has 3 aromatic rings. The summed E-state index contributed by atoms with van der Waals surface area (Å²) in [6.07, 6.45) is 5.49. The van der Waals surface area contributed by atoms with Crippen molar-refractivity contribution < 1.29 is 4.74 Å². The summed E-state index contributed by atoms with van der Waals surface area (Å²) in [5.41, 5.74) is 3.89. The van der Waals surface area contributed by atoms with Gasteiger partial charge >= 0.3 is 0 Å². The van der Waals surface area contributed by atoms with Crippen LogP contribution < -0.4 is 9.64 Å². The Hall–Kier alpha value is -2.30. The van der Waals surface area contributed by atoms with Gasteiger partial charge in [0.25, 0.3) is 0 Å². The topological polar surface area (TPSA) is 54.0 Å². The number of benzene rings is 1. The van der Waals surface area contributed by atoms with Crippen LogP contribution in [0.1, 0.15) is 47.0 Å². The zero-order valence-electron chi connectivity index (χ0n) is 16.7. The minimum Gasteiger partial charge on any atom is -0.494 e. The van der Waals surface area contributed by atoms with E-state index in [-0.39, 0.29) is 0 Å². The molecule has 2 fully saturated rings. The van der Waals surface area contributed by atoms with Gasteiger partial charge in [-0.05, 0) is 55.2 Å². The number of rotatable bonds is 3. The molecular formula is C22H28N4O. The van der Waals surface area contributed by atoms with Gasteiger partial charge in [0, 0.05) is 23.5 Å². The average molecular weight is 364 g/mol. The zero-order chi connectivity index (χ0) is 18.8. The molecule has 1 saturated carbocycles. The lowest BCUT2D eigenvalue weighted by molar-refractivity contribution is 0.136. The van der Waals surface area contributed by atoms with E-state index in [0.29, 0.717) is 23.5 Å². The van der Waals surface area contributed by atoms with Crippen molar-refractivity contribution in [2.45, 2.75) is 53.0 Å². The Morgan fingerprint density at radius 3 is 2.89 bits per heavy atom. The summed E-state index contributed by atoms with van der Waals surface area (Å²) in [5, 5.41) is 1.10. The maximum Gasteiger partial charge on any atom is 0.156 e. The first-order valence-electron chi connectivity index (χ1n) is 10.0. The molecule has 1 aliphatic carbocycles. The van der Waals surface area contributed by atoms with E-state index in [9.17, 15) is 0 Å². The van der Waals surface area contributed by atoms with Crippen molar-refractivity contribution in [2.75, 3.05) is 18.1 Å². The number of fused-ring (bicyclic) bond motifs is 5. The molecule has 2 aliphatic rings. The summed E-state index contributed by atoms with van der Waals surface area (Å²) in [5.74, 6) is 1.94. The van der Waals surface area contributed by atoms with Crippen molar-refractivity contribution >= 4 is 27.8 Å². The molecule has 1 saturated heterocycles. The molecule has 5 heteroatoms. The molecule has 1 aliphatic heterocycles. The van der Waals surface area contributed by atoms with Gasteiger partial charge in [-0.15, -0.1) is 0 Å². The molecule has 142 valence electrons. The molecule has 5 rings (SSSR count). The van der Waals surface area contributed by atoms with Crippen molar-refractivity contribution in [3.05, 3.63) is 24.5 Å². The van der Waals surface area contributed by atoms with Gasteiger partial charge in [-0.2, -0.15) is 0 Å². The summed E-state index contributed by atoms with van der Waals surface area (Å²) in [4.78, 5) is 15.5. The van der Waals surface area contributed by atoms with Crippen LogP contribution in [0.4, 0.5) is 5.82 Å². The van der Waals surface area contributed by atoms with E-state index in [1.807, 2.05) is 13.0 Å². The third-order valence-electron chi connectivity index (χ3n) is 6.33. The van der Waals surface area contributed by atoms with Gasteiger partial charge in [-0.1, -0.05) is 20.8 Å². The minimum absolute atomic E-state index is 0.373. The minimum atomic E-state index is 0.373. The normalized spacial score (nSPS) is 26.8. The SMILES string of the molecule is CCOc1ccc2[nH]c3c(N4CC5(C)CC4CC(C)(C)C5)ncnc3c2c1. The maximum absolute atomic E-state index is 5.69. The lowest BCUT2D eigenvalue weighted by Gasteiger charge is -2.39. The van der Waals surface area contributed by atoms with Crippen molar-refractivity contribution in [3.63, 3.8) is 0 Å². The van der Waals surface area contributed by atoms with E-state index < -0.39 is 0 Å². The predicted octanol–water partition coefficient (Wildman–Crippen LogP) is 4.91. The molecule has 0 amide bonds. The van der Waals surface area contributed by atoms with E-state index in [2.05, 4.69) is 47.8 Å². The smallest absolute Gasteiger partial charge is 0.156 e. The zero-order valence-corrected chi connectivity index (χ0v) is 16.7. The molecule has 27 heavy (non-hydrogen) atoms. The molecule has 2 bridgehead atoms. The number of H-pyrrole nitrogens is 1. The first-order valence-corrected chi connectivity index (χ1v) is 10.0. The van der Waals surface area contributed by atoms with Gasteiger partial charge in [0.05, 0.1) is 6.61 Å². The van der Waals surface area contributed by atoms with Crippen LogP contribution in [-0.2, 0) is 0 Å². The Morgan fingerprint density at radius 1 is 1.22 bits per heavy atom. The highest BCUT2D eigenvalue weighted by Crippen LogP contribution is 2.53. The van der Waals surface area contributed by atoms with Gasteiger partial charge in [0.15, 0.2) is 5.82 Å². The Bertz CT molecular complexity index is 1020. The number of hydrogen-bond acceptors (Lipinski definition) is 4. The van der Waals surface area contributed by atoms with Crippen molar-refractivity contribution in [2.24, 2.45) is 10.8 Å². The summed E-state index contributed by atoms with van der Waals surface area (Å²) in [6.45, 7) is 11.0. The van der Waals surface area contributed by atoms with Gasteiger partial charge in [-0.25, -0.2) is 9.97 Å². The molecular weight excluding hydrogens is 336 g/mol. The second-order valence-corrected chi connectivity index (χ2v) is 9.53. The fourth-order valence-electron chi connectivity index (χ4n) is 5.84. The van der Waals surface area contributed by atoms with Crippen LogP contribution in [0.5, 0.6) is 5.75 Å². The Balaban J connectivity index is 1.63. The van der Waals surface area contributed by atoms with Crippen molar-refractivity contribution in [1.82, 2.24) is 15.0 Å². The first-order chi connectivity index (χ1) is 12.9. The number of anilines is 1. The maximum atomic E-state index is 5.69. The number of aromatic amines is 1. The average Bonchev–Trinajstić information content (AvgIpc) is 3.08. The molecule has 3 heterocycles. The number of ether oxygens (including phenoxy) is 1. The molecule has 2 unspecified atom stereocenters. The number of aromatic nitrogens is 3. The highest BCUT2D eigenvalue weighted by molar-refractivity contribution is 6.08. The highest BCUT2D eigenvalue weighted by atomic mass is 16.5. The number of nitrogens with zero attached hydrogens (tertiary/aromatic N) is 3. The number of nitrogens with one attached hydrogen (secondary N) is 1. The van der Waals surface area contributed by atoms with Crippen molar-refractivity contribution in [1.29, 1.82) is 0 Å². The molecule has 0 radical (unpaired) electrons.